The Morgan fingerprint density at radius 3 is 2.26 bits per heavy atom. The number of nitrogens with zero attached hydrogens (tertiary/aromatic N) is 2. The van der Waals surface area contributed by atoms with Gasteiger partial charge in [-0.25, -0.2) is 0 Å². The van der Waals surface area contributed by atoms with E-state index in [1.165, 1.54) is 12.6 Å². The van der Waals surface area contributed by atoms with Gasteiger partial charge in [0.05, 0.1) is 12.5 Å². The Morgan fingerprint density at radius 1 is 1.00 bits per heavy atom. The lowest BCUT2D eigenvalue weighted by molar-refractivity contribution is -0.120. The Hall–Kier alpha value is -2.86. The summed E-state index contributed by atoms with van der Waals surface area (Å²) in [5, 5.41) is 5.92. The van der Waals surface area contributed by atoms with Crippen LogP contribution in [0.5, 0.6) is 0 Å². The number of anilines is 2. The molecule has 2 amide bonds. The number of carbonyl (C=O) groups excluding carboxylic acids is 2. The summed E-state index contributed by atoms with van der Waals surface area (Å²) in [6.07, 6.45) is 0.183. The van der Waals surface area contributed by atoms with Gasteiger partial charge < -0.3 is 20.4 Å². The van der Waals surface area contributed by atoms with Gasteiger partial charge in [-0.15, -0.1) is 0 Å². The number of hydrogen-bond donors (Lipinski definition) is 2. The fourth-order valence-electron chi connectivity index (χ4n) is 3.99. The maximum atomic E-state index is 12.8. The Labute approximate surface area is 185 Å². The number of benzene rings is 2. The second-order valence-electron chi connectivity index (χ2n) is 8.34. The fourth-order valence-corrected chi connectivity index (χ4v) is 3.99. The molecular formula is C25H34N4O2. The van der Waals surface area contributed by atoms with E-state index in [2.05, 4.69) is 39.5 Å². The Bertz CT molecular complexity index is 902. The molecule has 1 aliphatic heterocycles. The van der Waals surface area contributed by atoms with Gasteiger partial charge in [-0.3, -0.25) is 9.59 Å². The van der Waals surface area contributed by atoms with Gasteiger partial charge in [0, 0.05) is 44.5 Å². The minimum Gasteiger partial charge on any atom is -0.369 e. The summed E-state index contributed by atoms with van der Waals surface area (Å²) in [4.78, 5) is 29.3. The van der Waals surface area contributed by atoms with E-state index < -0.39 is 0 Å². The third-order valence-electron chi connectivity index (χ3n) is 5.92. The molecular weight excluding hydrogens is 388 g/mol. The normalized spacial score (nSPS) is 15.4. The molecule has 166 valence electrons. The molecule has 2 N–H and O–H groups in total. The average Bonchev–Trinajstić information content (AvgIpc) is 2.75. The standard InChI is InChI=1S/C25H34N4O2/c1-5-28-12-14-29(15-13-28)22-10-11-23(19(3)16-22)27-25(31)17-24(26-20(4)30)21-8-6-18(2)7-9-21/h6-11,16,24H,5,12-15,17H2,1-4H3,(H,26,30)(H,27,31). The van der Waals surface area contributed by atoms with Crippen LogP contribution in [0.15, 0.2) is 42.5 Å². The van der Waals surface area contributed by atoms with Crippen molar-refractivity contribution in [1.29, 1.82) is 0 Å². The highest BCUT2D eigenvalue weighted by Gasteiger charge is 2.19. The van der Waals surface area contributed by atoms with Crippen molar-refractivity contribution in [3.05, 3.63) is 59.2 Å². The summed E-state index contributed by atoms with van der Waals surface area (Å²) < 4.78 is 0. The predicted molar refractivity (Wildman–Crippen MR) is 126 cm³/mol. The third-order valence-corrected chi connectivity index (χ3v) is 5.92. The maximum absolute atomic E-state index is 12.8. The summed E-state index contributed by atoms with van der Waals surface area (Å²) in [6.45, 7) is 13.0. The van der Waals surface area contributed by atoms with E-state index in [-0.39, 0.29) is 24.3 Å². The lowest BCUT2D eigenvalue weighted by Crippen LogP contribution is -2.46. The van der Waals surface area contributed by atoms with Crippen molar-refractivity contribution in [3.63, 3.8) is 0 Å². The highest BCUT2D eigenvalue weighted by Crippen LogP contribution is 2.25. The van der Waals surface area contributed by atoms with Crippen LogP contribution in [-0.2, 0) is 9.59 Å². The zero-order valence-corrected chi connectivity index (χ0v) is 19.1. The molecule has 2 aromatic rings. The van der Waals surface area contributed by atoms with Gasteiger partial charge in [0.2, 0.25) is 11.8 Å². The van der Waals surface area contributed by atoms with Crippen molar-refractivity contribution in [2.45, 2.75) is 40.2 Å². The molecule has 0 aliphatic carbocycles. The summed E-state index contributed by atoms with van der Waals surface area (Å²) in [7, 11) is 0. The Balaban J connectivity index is 1.64. The molecule has 6 nitrogen and oxygen atoms in total. The molecule has 31 heavy (non-hydrogen) atoms. The Morgan fingerprint density at radius 2 is 1.68 bits per heavy atom. The first kappa shape index (κ1) is 22.8. The molecule has 1 aliphatic rings. The van der Waals surface area contributed by atoms with Crippen molar-refractivity contribution in [2.75, 3.05) is 42.9 Å². The van der Waals surface area contributed by atoms with Crippen molar-refractivity contribution >= 4 is 23.2 Å². The zero-order valence-electron chi connectivity index (χ0n) is 19.1. The zero-order chi connectivity index (χ0) is 22.4. The topological polar surface area (TPSA) is 64.7 Å². The van der Waals surface area contributed by atoms with Crippen LogP contribution in [0.2, 0.25) is 0 Å². The summed E-state index contributed by atoms with van der Waals surface area (Å²) >= 11 is 0. The van der Waals surface area contributed by atoms with Gasteiger partial charge in [0.1, 0.15) is 0 Å². The molecule has 0 bridgehead atoms. The number of likely N-dealkylation sites (N-methyl/N-ethyl adjacent to an activating group) is 1. The third kappa shape index (κ3) is 6.31. The van der Waals surface area contributed by atoms with Crippen LogP contribution in [0.3, 0.4) is 0 Å². The average molecular weight is 423 g/mol. The molecule has 0 aromatic heterocycles. The summed E-state index contributed by atoms with van der Waals surface area (Å²) in [5.41, 5.74) is 5.11. The first-order chi connectivity index (χ1) is 14.9. The van der Waals surface area contributed by atoms with E-state index in [9.17, 15) is 9.59 Å². The smallest absolute Gasteiger partial charge is 0.226 e. The van der Waals surface area contributed by atoms with Crippen molar-refractivity contribution in [3.8, 4) is 0 Å². The maximum Gasteiger partial charge on any atom is 0.226 e. The van der Waals surface area contributed by atoms with Gasteiger partial charge in [-0.2, -0.15) is 0 Å². The molecule has 0 saturated carbocycles. The van der Waals surface area contributed by atoms with Crippen LogP contribution in [0.25, 0.3) is 0 Å². The molecule has 1 unspecified atom stereocenters. The van der Waals surface area contributed by atoms with Gasteiger partial charge in [-0.1, -0.05) is 36.8 Å². The van der Waals surface area contributed by atoms with Crippen LogP contribution in [0, 0.1) is 13.8 Å². The number of amides is 2. The van der Waals surface area contributed by atoms with E-state index >= 15 is 0 Å². The molecule has 3 rings (SSSR count). The molecule has 1 atom stereocenters. The number of piperazine rings is 1. The molecule has 1 fully saturated rings. The minimum absolute atomic E-state index is 0.119. The predicted octanol–water partition coefficient (Wildman–Crippen LogP) is 3.65. The lowest BCUT2D eigenvalue weighted by atomic mass is 10.0. The molecule has 0 radical (unpaired) electrons. The van der Waals surface area contributed by atoms with Gasteiger partial charge in [0.25, 0.3) is 0 Å². The van der Waals surface area contributed by atoms with E-state index in [1.54, 1.807) is 0 Å². The largest absolute Gasteiger partial charge is 0.369 e. The van der Waals surface area contributed by atoms with Gasteiger partial charge in [0.15, 0.2) is 0 Å². The second-order valence-corrected chi connectivity index (χ2v) is 8.34. The number of hydrogen-bond acceptors (Lipinski definition) is 4. The van der Waals surface area contributed by atoms with Crippen LogP contribution in [0.1, 0.15) is 43.0 Å². The fraction of sp³-hybridized carbons (Fsp3) is 0.440. The molecule has 1 saturated heterocycles. The molecule has 1 heterocycles. The summed E-state index contributed by atoms with van der Waals surface area (Å²) in [6, 6.07) is 13.7. The van der Waals surface area contributed by atoms with E-state index in [4.69, 9.17) is 0 Å². The number of carbonyl (C=O) groups is 2. The van der Waals surface area contributed by atoms with Crippen molar-refractivity contribution in [1.82, 2.24) is 10.2 Å². The second kappa shape index (κ2) is 10.4. The minimum atomic E-state index is -0.354. The molecule has 0 spiro atoms. The van der Waals surface area contributed by atoms with Crippen LogP contribution < -0.4 is 15.5 Å². The van der Waals surface area contributed by atoms with Gasteiger partial charge >= 0.3 is 0 Å². The van der Waals surface area contributed by atoms with Crippen molar-refractivity contribution in [2.24, 2.45) is 0 Å². The highest BCUT2D eigenvalue weighted by molar-refractivity contribution is 5.92. The first-order valence-corrected chi connectivity index (χ1v) is 11.1. The number of aryl methyl sites for hydroxylation is 2. The van der Waals surface area contributed by atoms with E-state index in [1.807, 2.05) is 44.2 Å². The SMILES string of the molecule is CCN1CCN(c2ccc(NC(=O)CC(NC(C)=O)c3ccc(C)cc3)c(C)c2)CC1. The quantitative estimate of drug-likeness (QED) is 0.715. The van der Waals surface area contributed by atoms with Crippen LogP contribution >= 0.6 is 0 Å². The van der Waals surface area contributed by atoms with Crippen LogP contribution in [-0.4, -0.2) is 49.4 Å². The van der Waals surface area contributed by atoms with Crippen molar-refractivity contribution < 1.29 is 9.59 Å². The Kier molecular flexibility index (Phi) is 7.69. The lowest BCUT2D eigenvalue weighted by Gasteiger charge is -2.35. The van der Waals surface area contributed by atoms with E-state index in [0.29, 0.717) is 0 Å². The van der Waals surface area contributed by atoms with Gasteiger partial charge in [-0.05, 0) is 49.7 Å². The first-order valence-electron chi connectivity index (χ1n) is 11.1. The molecule has 6 heteroatoms. The molecule has 2 aromatic carbocycles. The highest BCUT2D eigenvalue weighted by atomic mass is 16.2. The number of nitrogens with one attached hydrogen (secondary N) is 2. The summed E-state index contributed by atoms with van der Waals surface area (Å²) in [5.74, 6) is -0.270. The number of rotatable bonds is 7. The van der Waals surface area contributed by atoms with Crippen LogP contribution in [0.4, 0.5) is 11.4 Å². The van der Waals surface area contributed by atoms with E-state index in [0.717, 1.165) is 55.1 Å². The monoisotopic (exact) mass is 422 g/mol.